The molecule has 1 unspecified atom stereocenters. The van der Waals surface area contributed by atoms with E-state index in [0.717, 1.165) is 12.0 Å². The van der Waals surface area contributed by atoms with E-state index in [1.807, 2.05) is 44.2 Å². The third-order valence-electron chi connectivity index (χ3n) is 2.63. The summed E-state index contributed by atoms with van der Waals surface area (Å²) >= 11 is 0. The van der Waals surface area contributed by atoms with E-state index in [2.05, 4.69) is 5.32 Å². The highest BCUT2D eigenvalue weighted by atomic mass is 16.4. The van der Waals surface area contributed by atoms with Crippen LogP contribution in [0.25, 0.3) is 0 Å². The van der Waals surface area contributed by atoms with Gasteiger partial charge in [0, 0.05) is 6.04 Å². The van der Waals surface area contributed by atoms with Gasteiger partial charge in [-0.15, -0.1) is 0 Å². The van der Waals surface area contributed by atoms with Gasteiger partial charge < -0.3 is 5.11 Å². The minimum Gasteiger partial charge on any atom is -0.480 e. The topological polar surface area (TPSA) is 49.3 Å². The molecule has 1 aromatic rings. The third kappa shape index (κ3) is 3.66. The minimum atomic E-state index is -0.773. The van der Waals surface area contributed by atoms with Crippen LogP contribution in [0.1, 0.15) is 38.3 Å². The average Bonchev–Trinajstić information content (AvgIpc) is 2.29. The van der Waals surface area contributed by atoms with Crippen molar-refractivity contribution in [1.29, 1.82) is 0 Å². The van der Waals surface area contributed by atoms with Gasteiger partial charge in [0.2, 0.25) is 0 Å². The number of benzene rings is 1. The predicted octanol–water partition coefficient (Wildman–Crippen LogP) is 2.59. The molecule has 0 fully saturated rings. The lowest BCUT2D eigenvalue weighted by Crippen LogP contribution is -2.38. The molecule has 2 atom stereocenters. The lowest BCUT2D eigenvalue weighted by atomic mass is 10.1. The van der Waals surface area contributed by atoms with E-state index >= 15 is 0 Å². The first-order valence-corrected chi connectivity index (χ1v) is 5.69. The molecule has 16 heavy (non-hydrogen) atoms. The Morgan fingerprint density at radius 3 is 2.50 bits per heavy atom. The van der Waals surface area contributed by atoms with Crippen LogP contribution in [-0.2, 0) is 4.79 Å². The molecule has 3 heteroatoms. The monoisotopic (exact) mass is 221 g/mol. The number of rotatable bonds is 6. The maximum Gasteiger partial charge on any atom is 0.320 e. The normalized spacial score (nSPS) is 14.4. The van der Waals surface area contributed by atoms with Crippen molar-refractivity contribution in [3.8, 4) is 0 Å². The Bertz CT molecular complexity index is 324. The summed E-state index contributed by atoms with van der Waals surface area (Å²) < 4.78 is 0. The number of hydrogen-bond acceptors (Lipinski definition) is 2. The molecule has 0 aliphatic heterocycles. The van der Waals surface area contributed by atoms with E-state index in [4.69, 9.17) is 5.11 Å². The zero-order valence-corrected chi connectivity index (χ0v) is 9.81. The molecule has 0 heterocycles. The van der Waals surface area contributed by atoms with Gasteiger partial charge in [-0.3, -0.25) is 10.1 Å². The number of hydrogen-bond donors (Lipinski definition) is 2. The van der Waals surface area contributed by atoms with Gasteiger partial charge in [-0.1, -0.05) is 43.7 Å². The molecule has 1 aromatic carbocycles. The summed E-state index contributed by atoms with van der Waals surface area (Å²) in [4.78, 5) is 11.0. The standard InChI is InChI=1S/C13H19NO2/c1-3-7-12(13(15)16)14-10(2)11-8-5-4-6-9-11/h4-6,8-10,12,14H,3,7H2,1-2H3,(H,15,16)/t10?,12-/m0/s1. The van der Waals surface area contributed by atoms with Crippen LogP contribution in [0.15, 0.2) is 30.3 Å². The van der Waals surface area contributed by atoms with E-state index in [1.54, 1.807) is 0 Å². The lowest BCUT2D eigenvalue weighted by molar-refractivity contribution is -0.139. The number of nitrogens with one attached hydrogen (secondary N) is 1. The van der Waals surface area contributed by atoms with Gasteiger partial charge in [0.1, 0.15) is 6.04 Å². The second-order valence-electron chi connectivity index (χ2n) is 3.98. The van der Waals surface area contributed by atoms with Crippen molar-refractivity contribution in [3.05, 3.63) is 35.9 Å². The molecule has 0 amide bonds. The Morgan fingerprint density at radius 1 is 1.38 bits per heavy atom. The van der Waals surface area contributed by atoms with Crippen molar-refractivity contribution in [3.63, 3.8) is 0 Å². The fourth-order valence-electron chi connectivity index (χ4n) is 1.71. The Kier molecular flexibility index (Phi) is 4.99. The summed E-state index contributed by atoms with van der Waals surface area (Å²) in [6.45, 7) is 3.98. The molecule has 88 valence electrons. The third-order valence-corrected chi connectivity index (χ3v) is 2.63. The molecular weight excluding hydrogens is 202 g/mol. The predicted molar refractivity (Wildman–Crippen MR) is 64.3 cm³/mol. The number of carboxylic acid groups (broad SMARTS) is 1. The first-order chi connectivity index (χ1) is 7.65. The molecule has 0 spiro atoms. The summed E-state index contributed by atoms with van der Waals surface area (Å²) in [6.07, 6.45) is 1.53. The van der Waals surface area contributed by atoms with Gasteiger partial charge >= 0.3 is 5.97 Å². The smallest absolute Gasteiger partial charge is 0.320 e. The quantitative estimate of drug-likeness (QED) is 0.776. The van der Waals surface area contributed by atoms with E-state index in [9.17, 15) is 4.79 Å². The van der Waals surface area contributed by atoms with Crippen molar-refractivity contribution in [1.82, 2.24) is 5.32 Å². The highest BCUT2D eigenvalue weighted by Gasteiger charge is 2.18. The summed E-state index contributed by atoms with van der Waals surface area (Å²) in [5.74, 6) is -0.773. The van der Waals surface area contributed by atoms with Crippen molar-refractivity contribution in [2.75, 3.05) is 0 Å². The van der Waals surface area contributed by atoms with Crippen LogP contribution in [0.2, 0.25) is 0 Å². The first-order valence-electron chi connectivity index (χ1n) is 5.69. The molecule has 0 aliphatic carbocycles. The van der Waals surface area contributed by atoms with E-state index in [1.165, 1.54) is 0 Å². The van der Waals surface area contributed by atoms with Crippen molar-refractivity contribution in [2.24, 2.45) is 0 Å². The van der Waals surface area contributed by atoms with E-state index in [-0.39, 0.29) is 6.04 Å². The highest BCUT2D eigenvalue weighted by Crippen LogP contribution is 2.13. The zero-order chi connectivity index (χ0) is 12.0. The zero-order valence-electron chi connectivity index (χ0n) is 9.81. The van der Waals surface area contributed by atoms with Crippen LogP contribution < -0.4 is 5.32 Å². The second-order valence-corrected chi connectivity index (χ2v) is 3.98. The van der Waals surface area contributed by atoms with Gasteiger partial charge in [-0.25, -0.2) is 0 Å². The minimum absolute atomic E-state index is 0.0637. The molecule has 0 radical (unpaired) electrons. The van der Waals surface area contributed by atoms with Crippen LogP contribution in [0, 0.1) is 0 Å². The van der Waals surface area contributed by atoms with Crippen LogP contribution in [0.5, 0.6) is 0 Å². The van der Waals surface area contributed by atoms with Crippen molar-refractivity contribution < 1.29 is 9.90 Å². The highest BCUT2D eigenvalue weighted by molar-refractivity contribution is 5.73. The van der Waals surface area contributed by atoms with Gasteiger partial charge in [0.15, 0.2) is 0 Å². The Balaban J connectivity index is 2.61. The molecular formula is C13H19NO2. The van der Waals surface area contributed by atoms with Gasteiger partial charge in [0.05, 0.1) is 0 Å². The maximum atomic E-state index is 11.0. The first kappa shape index (κ1) is 12.7. The molecule has 0 saturated heterocycles. The fourth-order valence-corrected chi connectivity index (χ4v) is 1.71. The SMILES string of the molecule is CCC[C@H](NC(C)c1ccccc1)C(=O)O. The van der Waals surface area contributed by atoms with Crippen LogP contribution in [-0.4, -0.2) is 17.1 Å². The summed E-state index contributed by atoms with van der Waals surface area (Å²) in [7, 11) is 0. The Hall–Kier alpha value is -1.35. The molecule has 3 nitrogen and oxygen atoms in total. The van der Waals surface area contributed by atoms with Crippen molar-refractivity contribution in [2.45, 2.75) is 38.8 Å². The van der Waals surface area contributed by atoms with Gasteiger partial charge in [0.25, 0.3) is 0 Å². The molecule has 0 saturated carbocycles. The molecule has 0 bridgehead atoms. The second kappa shape index (κ2) is 6.28. The van der Waals surface area contributed by atoms with E-state index < -0.39 is 12.0 Å². The molecule has 0 aromatic heterocycles. The van der Waals surface area contributed by atoms with Crippen molar-refractivity contribution >= 4 is 5.97 Å². The maximum absolute atomic E-state index is 11.0. The largest absolute Gasteiger partial charge is 0.480 e. The van der Waals surface area contributed by atoms with Gasteiger partial charge in [-0.2, -0.15) is 0 Å². The van der Waals surface area contributed by atoms with Crippen LogP contribution >= 0.6 is 0 Å². The Labute approximate surface area is 96.5 Å². The molecule has 1 rings (SSSR count). The van der Waals surface area contributed by atoms with Crippen LogP contribution in [0.4, 0.5) is 0 Å². The summed E-state index contributed by atoms with van der Waals surface area (Å²) in [5, 5.41) is 12.2. The van der Waals surface area contributed by atoms with Crippen LogP contribution in [0.3, 0.4) is 0 Å². The Morgan fingerprint density at radius 2 is 2.00 bits per heavy atom. The number of aliphatic carboxylic acids is 1. The fraction of sp³-hybridized carbons (Fsp3) is 0.462. The van der Waals surface area contributed by atoms with Gasteiger partial charge in [-0.05, 0) is 18.9 Å². The number of carboxylic acids is 1. The molecule has 2 N–H and O–H groups in total. The summed E-state index contributed by atoms with van der Waals surface area (Å²) in [5.41, 5.74) is 1.12. The van der Waals surface area contributed by atoms with E-state index in [0.29, 0.717) is 6.42 Å². The summed E-state index contributed by atoms with van der Waals surface area (Å²) in [6, 6.07) is 9.49. The number of carbonyl (C=O) groups is 1. The molecule has 0 aliphatic rings. The average molecular weight is 221 g/mol. The lowest BCUT2D eigenvalue weighted by Gasteiger charge is -2.20.